The molecule has 1 N–H and O–H groups in total. The topological polar surface area (TPSA) is 82.1 Å². The van der Waals surface area contributed by atoms with Crippen LogP contribution in [0, 0.1) is 0 Å². The summed E-state index contributed by atoms with van der Waals surface area (Å²) in [7, 11) is -3.09. The summed E-state index contributed by atoms with van der Waals surface area (Å²) in [6.07, 6.45) is 20.1. The van der Waals surface area contributed by atoms with Gasteiger partial charge in [-0.15, -0.1) is 0 Å². The van der Waals surface area contributed by atoms with Gasteiger partial charge in [-0.05, 0) is 31.9 Å². The summed E-state index contributed by atoms with van der Waals surface area (Å²) < 4.78 is 28.6. The van der Waals surface area contributed by atoms with E-state index in [4.69, 9.17) is 14.0 Å². The fourth-order valence-electron chi connectivity index (χ4n) is 4.17. The summed E-state index contributed by atoms with van der Waals surface area (Å²) in [6.45, 7) is 8.32. The number of thioether (sulfide) groups is 1. The highest BCUT2D eigenvalue weighted by Crippen LogP contribution is 2.49. The van der Waals surface area contributed by atoms with Crippen LogP contribution in [0.5, 0.6) is 0 Å². The van der Waals surface area contributed by atoms with E-state index in [0.29, 0.717) is 6.42 Å². The molecule has 0 aliphatic rings. The highest BCUT2D eigenvalue weighted by Gasteiger charge is 2.42. The number of unbranched alkanes of at least 4 members (excludes halogenated alkanes) is 13. The van der Waals surface area contributed by atoms with E-state index in [9.17, 15) is 14.3 Å². The molecule has 0 bridgehead atoms. The van der Waals surface area contributed by atoms with Gasteiger partial charge in [-0.1, -0.05) is 111 Å². The molecule has 0 saturated heterocycles. The third kappa shape index (κ3) is 18.2. The Bertz CT molecular complexity index is 562. The molecule has 0 fully saturated rings. The average Bonchev–Trinajstić information content (AvgIpc) is 2.87. The van der Waals surface area contributed by atoms with Crippen LogP contribution in [0.25, 0.3) is 0 Å². The van der Waals surface area contributed by atoms with Gasteiger partial charge in [0.15, 0.2) is 0 Å². The molecule has 6 nitrogen and oxygen atoms in total. The Morgan fingerprint density at radius 3 is 1.81 bits per heavy atom. The first-order chi connectivity index (χ1) is 17.3. The SMILES string of the molecule is CCCCCCCCCCSC(CCCCCCCCC)C(C)OC(C(=O)OC)P(=O)(O)OCCC. The molecule has 0 saturated carbocycles. The Kier molecular flexibility index (Phi) is 24.0. The van der Waals surface area contributed by atoms with Gasteiger partial charge in [0.05, 0.1) is 19.8 Å². The predicted octanol–water partition coefficient (Wildman–Crippen LogP) is 8.89. The molecule has 36 heavy (non-hydrogen) atoms. The predicted molar refractivity (Wildman–Crippen MR) is 154 cm³/mol. The Balaban J connectivity index is 4.86. The van der Waals surface area contributed by atoms with Crippen molar-refractivity contribution in [3.05, 3.63) is 0 Å². The first-order valence-electron chi connectivity index (χ1n) is 14.7. The van der Waals surface area contributed by atoms with Gasteiger partial charge in [0.25, 0.3) is 5.85 Å². The normalized spacial score (nSPS) is 15.8. The average molecular weight is 553 g/mol. The maximum atomic E-state index is 12.7. The van der Waals surface area contributed by atoms with Crippen LogP contribution in [0.2, 0.25) is 0 Å². The summed E-state index contributed by atoms with van der Waals surface area (Å²) in [5.41, 5.74) is 0. The molecular weight excluding hydrogens is 495 g/mol. The molecule has 4 atom stereocenters. The van der Waals surface area contributed by atoms with Crippen molar-refractivity contribution in [1.29, 1.82) is 0 Å². The molecule has 0 radical (unpaired) electrons. The molecule has 0 rings (SSSR count). The van der Waals surface area contributed by atoms with Gasteiger partial charge in [0.2, 0.25) is 0 Å². The van der Waals surface area contributed by atoms with Crippen LogP contribution in [-0.2, 0) is 23.4 Å². The molecule has 8 heteroatoms. The Hall–Kier alpha value is -0.0700. The summed E-state index contributed by atoms with van der Waals surface area (Å²) in [6, 6.07) is 0. The Labute approximate surface area is 226 Å². The van der Waals surface area contributed by atoms with Crippen LogP contribution >= 0.6 is 19.4 Å². The Morgan fingerprint density at radius 2 is 1.31 bits per heavy atom. The molecule has 0 amide bonds. The van der Waals surface area contributed by atoms with Gasteiger partial charge in [0.1, 0.15) is 0 Å². The zero-order valence-corrected chi connectivity index (χ0v) is 25.7. The number of carbonyl (C=O) groups excluding carboxylic acids is 1. The molecule has 0 aliphatic heterocycles. The summed E-state index contributed by atoms with van der Waals surface area (Å²) in [5, 5.41) is 0.156. The van der Waals surface area contributed by atoms with Gasteiger partial charge < -0.3 is 18.9 Å². The lowest BCUT2D eigenvalue weighted by molar-refractivity contribution is -0.152. The van der Waals surface area contributed by atoms with E-state index in [-0.39, 0.29) is 18.0 Å². The van der Waals surface area contributed by atoms with Crippen LogP contribution in [0.1, 0.15) is 137 Å². The summed E-state index contributed by atoms with van der Waals surface area (Å²) in [4.78, 5) is 22.7. The van der Waals surface area contributed by atoms with Crippen molar-refractivity contribution in [1.82, 2.24) is 0 Å². The van der Waals surface area contributed by atoms with E-state index < -0.39 is 19.4 Å². The molecule has 0 aromatic heterocycles. The first kappa shape index (κ1) is 35.9. The van der Waals surface area contributed by atoms with Crippen LogP contribution < -0.4 is 0 Å². The zero-order valence-electron chi connectivity index (χ0n) is 24.0. The second-order valence-electron chi connectivity index (χ2n) is 9.91. The van der Waals surface area contributed by atoms with E-state index in [0.717, 1.165) is 25.0 Å². The van der Waals surface area contributed by atoms with Crippen molar-refractivity contribution in [2.75, 3.05) is 19.5 Å². The molecular formula is C28H57O6PS. The summed E-state index contributed by atoms with van der Waals surface area (Å²) >= 11 is 1.87. The van der Waals surface area contributed by atoms with E-state index >= 15 is 0 Å². The van der Waals surface area contributed by atoms with Gasteiger partial charge in [0, 0.05) is 5.25 Å². The number of esters is 1. The maximum absolute atomic E-state index is 12.7. The highest BCUT2D eigenvalue weighted by molar-refractivity contribution is 7.99. The number of hydrogen-bond donors (Lipinski definition) is 1. The standard InChI is InChI=1S/C28H57O6PS/c1-6-9-11-13-15-17-19-21-24-36-26(22-20-18-16-14-12-10-7-2)25(4)34-28(27(29)32-5)35(30,31)33-23-8-3/h25-26,28H,6-24H2,1-5H3,(H,30,31). The highest BCUT2D eigenvalue weighted by atomic mass is 32.2. The third-order valence-corrected chi connectivity index (χ3v) is 9.52. The first-order valence-corrected chi connectivity index (χ1v) is 17.3. The van der Waals surface area contributed by atoms with Crippen LogP contribution in [0.3, 0.4) is 0 Å². The zero-order chi connectivity index (χ0) is 27.1. The van der Waals surface area contributed by atoms with Crippen LogP contribution in [-0.4, -0.2) is 47.5 Å². The minimum atomic E-state index is -4.29. The largest absolute Gasteiger partial charge is 0.467 e. The van der Waals surface area contributed by atoms with Crippen LogP contribution in [0.4, 0.5) is 0 Å². The van der Waals surface area contributed by atoms with E-state index in [1.165, 1.54) is 90.6 Å². The van der Waals surface area contributed by atoms with Gasteiger partial charge in [-0.25, -0.2) is 4.79 Å². The fourth-order valence-corrected chi connectivity index (χ4v) is 6.81. The molecule has 0 aromatic rings. The summed E-state index contributed by atoms with van der Waals surface area (Å²) in [5.74, 6) is -1.42. The van der Waals surface area contributed by atoms with Crippen molar-refractivity contribution in [3.63, 3.8) is 0 Å². The lowest BCUT2D eigenvalue weighted by Gasteiger charge is -2.29. The van der Waals surface area contributed by atoms with Gasteiger partial charge in [-0.3, -0.25) is 4.57 Å². The molecule has 4 unspecified atom stereocenters. The molecule has 0 aromatic carbocycles. The molecule has 216 valence electrons. The van der Waals surface area contributed by atoms with Crippen molar-refractivity contribution in [2.45, 2.75) is 154 Å². The van der Waals surface area contributed by atoms with Crippen LogP contribution in [0.15, 0.2) is 0 Å². The van der Waals surface area contributed by atoms with E-state index in [1.807, 2.05) is 25.6 Å². The fraction of sp³-hybridized carbons (Fsp3) is 0.964. The van der Waals surface area contributed by atoms with Gasteiger partial charge >= 0.3 is 13.6 Å². The lowest BCUT2D eigenvalue weighted by Crippen LogP contribution is -2.35. The Morgan fingerprint density at radius 1 is 0.806 bits per heavy atom. The number of rotatable bonds is 26. The van der Waals surface area contributed by atoms with Crippen molar-refractivity contribution < 1.29 is 28.3 Å². The molecule has 0 spiro atoms. The quantitative estimate of drug-likeness (QED) is 0.0652. The minimum Gasteiger partial charge on any atom is -0.467 e. The number of hydrogen-bond acceptors (Lipinski definition) is 6. The third-order valence-electron chi connectivity index (χ3n) is 6.47. The smallest absolute Gasteiger partial charge is 0.368 e. The van der Waals surface area contributed by atoms with Crippen molar-refractivity contribution in [2.24, 2.45) is 0 Å². The second kappa shape index (κ2) is 24.0. The number of methoxy groups -OCH3 is 1. The van der Waals surface area contributed by atoms with E-state index in [2.05, 4.69) is 13.8 Å². The van der Waals surface area contributed by atoms with Crippen molar-refractivity contribution >= 4 is 25.3 Å². The van der Waals surface area contributed by atoms with Crippen molar-refractivity contribution in [3.8, 4) is 0 Å². The minimum absolute atomic E-state index is 0.0909. The van der Waals surface area contributed by atoms with E-state index in [1.54, 1.807) is 0 Å². The molecule has 0 aliphatic carbocycles. The number of carbonyl (C=O) groups is 1. The lowest BCUT2D eigenvalue weighted by atomic mass is 10.1. The maximum Gasteiger partial charge on any atom is 0.368 e. The number of ether oxygens (including phenoxy) is 2. The molecule has 0 heterocycles. The second-order valence-corrected chi connectivity index (χ2v) is 13.1. The monoisotopic (exact) mass is 552 g/mol. The van der Waals surface area contributed by atoms with Gasteiger partial charge in [-0.2, -0.15) is 11.8 Å².